The van der Waals surface area contributed by atoms with Crippen molar-refractivity contribution in [3.63, 3.8) is 0 Å². The Morgan fingerprint density at radius 3 is 2.68 bits per heavy atom. The SMILES string of the molecule is CC(=NNC(=O)c1cc(C)oc1C)c1ccc2c(c1)OCO2. The van der Waals surface area contributed by atoms with E-state index < -0.39 is 0 Å². The van der Waals surface area contributed by atoms with Crippen molar-refractivity contribution in [2.45, 2.75) is 20.8 Å². The molecule has 0 saturated carbocycles. The minimum absolute atomic E-state index is 0.227. The van der Waals surface area contributed by atoms with Crippen LogP contribution in [0.1, 0.15) is 34.4 Å². The van der Waals surface area contributed by atoms with E-state index in [-0.39, 0.29) is 12.7 Å². The molecular formula is C16H16N2O4. The standard InChI is InChI=1S/C16H16N2O4/c1-9-6-13(11(3)22-9)16(19)18-17-10(2)12-4-5-14-15(7-12)21-8-20-14/h4-7H,8H2,1-3H3,(H,18,19). The molecule has 22 heavy (non-hydrogen) atoms. The highest BCUT2D eigenvalue weighted by atomic mass is 16.7. The summed E-state index contributed by atoms with van der Waals surface area (Å²) in [6, 6.07) is 7.21. The molecule has 0 unspecified atom stereocenters. The summed E-state index contributed by atoms with van der Waals surface area (Å²) in [4.78, 5) is 12.1. The molecule has 114 valence electrons. The molecule has 6 heteroatoms. The summed E-state index contributed by atoms with van der Waals surface area (Å²) in [5.74, 6) is 2.37. The monoisotopic (exact) mass is 300 g/mol. The predicted molar refractivity (Wildman–Crippen MR) is 80.4 cm³/mol. The van der Waals surface area contributed by atoms with Crippen molar-refractivity contribution < 1.29 is 18.7 Å². The molecule has 0 fully saturated rings. The van der Waals surface area contributed by atoms with E-state index in [2.05, 4.69) is 10.5 Å². The first-order valence-electron chi connectivity index (χ1n) is 6.86. The normalized spacial score (nSPS) is 13.3. The Morgan fingerprint density at radius 2 is 1.95 bits per heavy atom. The lowest BCUT2D eigenvalue weighted by Gasteiger charge is -2.03. The molecule has 3 rings (SSSR count). The zero-order valence-electron chi connectivity index (χ0n) is 12.6. The number of rotatable bonds is 3. The fourth-order valence-electron chi connectivity index (χ4n) is 2.24. The maximum absolute atomic E-state index is 12.1. The number of furan rings is 1. The number of hydrazone groups is 1. The van der Waals surface area contributed by atoms with E-state index in [1.807, 2.05) is 25.1 Å². The first-order valence-corrected chi connectivity index (χ1v) is 6.86. The number of carbonyl (C=O) groups is 1. The van der Waals surface area contributed by atoms with Crippen LogP contribution in [0.25, 0.3) is 0 Å². The molecule has 1 aliphatic rings. The highest BCUT2D eigenvalue weighted by Crippen LogP contribution is 2.32. The lowest BCUT2D eigenvalue weighted by molar-refractivity contribution is 0.0953. The third kappa shape index (κ3) is 2.67. The van der Waals surface area contributed by atoms with E-state index in [1.54, 1.807) is 19.9 Å². The highest BCUT2D eigenvalue weighted by molar-refractivity contribution is 6.01. The second kappa shape index (κ2) is 5.55. The van der Waals surface area contributed by atoms with Gasteiger partial charge in [-0.2, -0.15) is 5.10 Å². The van der Waals surface area contributed by atoms with Gasteiger partial charge in [-0.25, -0.2) is 5.43 Å². The predicted octanol–water partition coefficient (Wildman–Crippen LogP) is 2.78. The highest BCUT2D eigenvalue weighted by Gasteiger charge is 2.15. The minimum atomic E-state index is -0.297. The molecule has 1 amide bonds. The maximum Gasteiger partial charge on any atom is 0.274 e. The smallest absolute Gasteiger partial charge is 0.274 e. The Hall–Kier alpha value is -2.76. The van der Waals surface area contributed by atoms with Crippen molar-refractivity contribution in [2.75, 3.05) is 6.79 Å². The number of amides is 1. The fraction of sp³-hybridized carbons (Fsp3) is 0.250. The Kier molecular flexibility index (Phi) is 3.58. The van der Waals surface area contributed by atoms with Crippen molar-refractivity contribution in [2.24, 2.45) is 5.10 Å². The van der Waals surface area contributed by atoms with Gasteiger partial charge in [-0.1, -0.05) is 0 Å². The lowest BCUT2D eigenvalue weighted by atomic mass is 10.1. The molecule has 0 spiro atoms. The number of ether oxygens (including phenoxy) is 2. The number of carbonyl (C=O) groups excluding carboxylic acids is 1. The summed E-state index contributed by atoms with van der Waals surface area (Å²) >= 11 is 0. The summed E-state index contributed by atoms with van der Waals surface area (Å²) in [5, 5.41) is 4.13. The summed E-state index contributed by atoms with van der Waals surface area (Å²) in [6.07, 6.45) is 0. The molecule has 0 radical (unpaired) electrons. The van der Waals surface area contributed by atoms with Crippen LogP contribution < -0.4 is 14.9 Å². The van der Waals surface area contributed by atoms with E-state index in [9.17, 15) is 4.79 Å². The summed E-state index contributed by atoms with van der Waals surface area (Å²) in [7, 11) is 0. The van der Waals surface area contributed by atoms with E-state index in [1.165, 1.54) is 0 Å². The molecule has 0 saturated heterocycles. The van der Waals surface area contributed by atoms with Gasteiger partial charge < -0.3 is 13.9 Å². The van der Waals surface area contributed by atoms with E-state index in [4.69, 9.17) is 13.9 Å². The molecule has 0 aliphatic carbocycles. The van der Waals surface area contributed by atoms with Gasteiger partial charge in [0.05, 0.1) is 11.3 Å². The molecule has 1 N–H and O–H groups in total. The maximum atomic E-state index is 12.1. The number of nitrogens with zero attached hydrogens (tertiary/aromatic N) is 1. The van der Waals surface area contributed by atoms with Gasteiger partial charge in [0.2, 0.25) is 6.79 Å². The minimum Gasteiger partial charge on any atom is -0.466 e. The van der Waals surface area contributed by atoms with Crippen LogP contribution in [0.5, 0.6) is 11.5 Å². The van der Waals surface area contributed by atoms with Gasteiger partial charge in [0.25, 0.3) is 5.91 Å². The Labute approximate surface area is 127 Å². The van der Waals surface area contributed by atoms with Crippen LogP contribution in [0.2, 0.25) is 0 Å². The number of fused-ring (bicyclic) bond motifs is 1. The first kappa shape index (κ1) is 14.2. The fourth-order valence-corrected chi connectivity index (χ4v) is 2.24. The van der Waals surface area contributed by atoms with Crippen LogP contribution in [0.3, 0.4) is 0 Å². The van der Waals surface area contributed by atoms with Gasteiger partial charge in [-0.3, -0.25) is 4.79 Å². The van der Waals surface area contributed by atoms with Crippen molar-refractivity contribution in [1.29, 1.82) is 0 Å². The van der Waals surface area contributed by atoms with Gasteiger partial charge in [-0.15, -0.1) is 0 Å². The van der Waals surface area contributed by atoms with E-state index in [0.717, 1.165) is 5.56 Å². The van der Waals surface area contributed by atoms with Gasteiger partial charge in [0.1, 0.15) is 11.5 Å². The lowest BCUT2D eigenvalue weighted by Crippen LogP contribution is -2.19. The molecule has 2 heterocycles. The Bertz CT molecular complexity index is 762. The third-order valence-electron chi connectivity index (χ3n) is 3.40. The molecular weight excluding hydrogens is 284 g/mol. The molecule has 0 bridgehead atoms. The van der Waals surface area contributed by atoms with Crippen LogP contribution in [0, 0.1) is 13.8 Å². The Morgan fingerprint density at radius 1 is 1.18 bits per heavy atom. The van der Waals surface area contributed by atoms with Crippen LogP contribution in [0.4, 0.5) is 0 Å². The molecule has 6 nitrogen and oxygen atoms in total. The number of benzene rings is 1. The molecule has 1 aromatic carbocycles. The summed E-state index contributed by atoms with van der Waals surface area (Å²) in [6.45, 7) is 5.58. The van der Waals surface area contributed by atoms with Crippen molar-refractivity contribution in [3.8, 4) is 11.5 Å². The number of nitrogens with one attached hydrogen (secondary N) is 1. The van der Waals surface area contributed by atoms with Crippen LogP contribution >= 0.6 is 0 Å². The molecule has 2 aromatic rings. The van der Waals surface area contributed by atoms with Gasteiger partial charge in [0.15, 0.2) is 11.5 Å². The van der Waals surface area contributed by atoms with Crippen LogP contribution in [-0.2, 0) is 0 Å². The number of hydrogen-bond donors (Lipinski definition) is 1. The zero-order valence-corrected chi connectivity index (χ0v) is 12.6. The van der Waals surface area contributed by atoms with Gasteiger partial charge in [-0.05, 0) is 45.0 Å². The average molecular weight is 300 g/mol. The van der Waals surface area contributed by atoms with Gasteiger partial charge in [0, 0.05) is 5.56 Å². The van der Waals surface area contributed by atoms with Crippen molar-refractivity contribution in [1.82, 2.24) is 5.43 Å². The quantitative estimate of drug-likeness (QED) is 0.699. The number of hydrogen-bond acceptors (Lipinski definition) is 5. The van der Waals surface area contributed by atoms with Crippen LogP contribution in [0.15, 0.2) is 33.8 Å². The molecule has 1 aromatic heterocycles. The number of aryl methyl sites for hydroxylation is 2. The van der Waals surface area contributed by atoms with Crippen molar-refractivity contribution in [3.05, 3.63) is 46.9 Å². The summed E-state index contributed by atoms with van der Waals surface area (Å²) < 4.78 is 15.9. The van der Waals surface area contributed by atoms with E-state index >= 15 is 0 Å². The molecule has 1 aliphatic heterocycles. The topological polar surface area (TPSA) is 73.1 Å². The van der Waals surface area contributed by atoms with Gasteiger partial charge >= 0.3 is 0 Å². The Balaban J connectivity index is 1.75. The second-order valence-corrected chi connectivity index (χ2v) is 5.03. The van der Waals surface area contributed by atoms with E-state index in [0.29, 0.717) is 34.3 Å². The summed E-state index contributed by atoms with van der Waals surface area (Å²) in [5.41, 5.74) is 4.54. The zero-order chi connectivity index (χ0) is 15.7. The largest absolute Gasteiger partial charge is 0.466 e. The molecule has 0 atom stereocenters. The van der Waals surface area contributed by atoms with Crippen molar-refractivity contribution >= 4 is 11.6 Å². The van der Waals surface area contributed by atoms with Crippen LogP contribution in [-0.4, -0.2) is 18.4 Å². The third-order valence-corrected chi connectivity index (χ3v) is 3.40. The second-order valence-electron chi connectivity index (χ2n) is 5.03. The average Bonchev–Trinajstić information content (AvgIpc) is 3.09. The first-order chi connectivity index (χ1) is 10.5.